The highest BCUT2D eigenvalue weighted by molar-refractivity contribution is 7.18. The lowest BCUT2D eigenvalue weighted by Gasteiger charge is -2.21. The third-order valence-electron chi connectivity index (χ3n) is 5.00. The number of ether oxygens (including phenoxy) is 1. The van der Waals surface area contributed by atoms with E-state index in [9.17, 15) is 14.7 Å². The van der Waals surface area contributed by atoms with E-state index in [0.717, 1.165) is 28.2 Å². The SMILES string of the molecule is COc1ccc(CN2C(=O)c3c(NC(=O)c4ccc(Cl)s4)cccc3C2O)cc1C. The number of aliphatic hydroxyl groups excluding tert-OH is 1. The van der Waals surface area contributed by atoms with Gasteiger partial charge in [0.1, 0.15) is 5.75 Å². The molecule has 2 heterocycles. The first-order valence-corrected chi connectivity index (χ1v) is 10.4. The van der Waals surface area contributed by atoms with Crippen molar-refractivity contribution in [1.82, 2.24) is 4.90 Å². The number of nitrogens with one attached hydrogen (secondary N) is 1. The molecule has 2 N–H and O–H groups in total. The topological polar surface area (TPSA) is 78.9 Å². The summed E-state index contributed by atoms with van der Waals surface area (Å²) in [5.74, 6) is 0.0620. The number of aryl methyl sites for hydroxylation is 1. The Morgan fingerprint density at radius 2 is 2.07 bits per heavy atom. The average molecular weight is 443 g/mol. The fourth-order valence-corrected chi connectivity index (χ4v) is 4.50. The van der Waals surface area contributed by atoms with Crippen molar-refractivity contribution in [3.63, 3.8) is 0 Å². The molecule has 0 saturated carbocycles. The lowest BCUT2D eigenvalue weighted by Crippen LogP contribution is -2.27. The number of rotatable bonds is 5. The van der Waals surface area contributed by atoms with Crippen molar-refractivity contribution in [3.05, 3.63) is 80.0 Å². The molecule has 1 atom stereocenters. The summed E-state index contributed by atoms with van der Waals surface area (Å²) in [5.41, 5.74) is 2.93. The number of hydrogen-bond donors (Lipinski definition) is 2. The molecule has 1 aromatic heterocycles. The monoisotopic (exact) mass is 442 g/mol. The zero-order chi connectivity index (χ0) is 21.4. The van der Waals surface area contributed by atoms with Crippen LogP contribution >= 0.6 is 22.9 Å². The number of anilines is 1. The van der Waals surface area contributed by atoms with Crippen LogP contribution in [0.3, 0.4) is 0 Å². The Kier molecular flexibility index (Phi) is 5.51. The van der Waals surface area contributed by atoms with E-state index in [2.05, 4.69) is 5.32 Å². The van der Waals surface area contributed by atoms with E-state index in [0.29, 0.717) is 26.0 Å². The van der Waals surface area contributed by atoms with Crippen molar-refractivity contribution in [3.8, 4) is 5.75 Å². The maximum absolute atomic E-state index is 13.1. The minimum Gasteiger partial charge on any atom is -0.496 e. The number of carbonyl (C=O) groups is 2. The molecule has 30 heavy (non-hydrogen) atoms. The number of benzene rings is 2. The number of nitrogens with zero attached hydrogens (tertiary/aromatic N) is 1. The Hall–Kier alpha value is -2.87. The maximum Gasteiger partial charge on any atom is 0.265 e. The molecular weight excluding hydrogens is 424 g/mol. The van der Waals surface area contributed by atoms with Crippen molar-refractivity contribution in [2.45, 2.75) is 19.7 Å². The Bertz CT molecular complexity index is 1140. The highest BCUT2D eigenvalue weighted by Gasteiger charge is 2.37. The Morgan fingerprint density at radius 3 is 2.73 bits per heavy atom. The zero-order valence-corrected chi connectivity index (χ0v) is 17.9. The van der Waals surface area contributed by atoms with E-state index in [1.165, 1.54) is 4.90 Å². The summed E-state index contributed by atoms with van der Waals surface area (Å²) in [6.45, 7) is 2.15. The molecule has 3 aromatic rings. The number of amides is 2. The fourth-order valence-electron chi connectivity index (χ4n) is 3.56. The molecule has 1 aliphatic heterocycles. The molecule has 1 aliphatic rings. The number of fused-ring (bicyclic) bond motifs is 1. The number of aliphatic hydroxyl groups is 1. The molecule has 154 valence electrons. The quantitative estimate of drug-likeness (QED) is 0.604. The number of hydrogen-bond acceptors (Lipinski definition) is 5. The van der Waals surface area contributed by atoms with Crippen LogP contribution in [0.5, 0.6) is 5.75 Å². The van der Waals surface area contributed by atoms with Gasteiger partial charge in [-0.25, -0.2) is 0 Å². The molecule has 0 fully saturated rings. The van der Waals surface area contributed by atoms with Crippen LogP contribution < -0.4 is 10.1 Å². The molecule has 8 heteroatoms. The predicted octanol–water partition coefficient (Wildman–Crippen LogP) is 4.62. The first kappa shape index (κ1) is 20.4. The third kappa shape index (κ3) is 3.67. The van der Waals surface area contributed by atoms with Gasteiger partial charge in [0.25, 0.3) is 11.8 Å². The van der Waals surface area contributed by atoms with Crippen molar-refractivity contribution >= 4 is 40.4 Å². The van der Waals surface area contributed by atoms with Gasteiger partial charge in [-0.15, -0.1) is 11.3 Å². The highest BCUT2D eigenvalue weighted by atomic mass is 35.5. The van der Waals surface area contributed by atoms with E-state index in [1.807, 2.05) is 25.1 Å². The lowest BCUT2D eigenvalue weighted by atomic mass is 10.1. The molecule has 4 rings (SSSR count). The molecule has 2 amide bonds. The van der Waals surface area contributed by atoms with Crippen LogP contribution in [-0.4, -0.2) is 28.9 Å². The van der Waals surface area contributed by atoms with E-state index >= 15 is 0 Å². The zero-order valence-electron chi connectivity index (χ0n) is 16.3. The summed E-state index contributed by atoms with van der Waals surface area (Å²) < 4.78 is 5.78. The molecule has 0 aliphatic carbocycles. The summed E-state index contributed by atoms with van der Waals surface area (Å²) in [5, 5.41) is 13.5. The van der Waals surface area contributed by atoms with Gasteiger partial charge in [-0.2, -0.15) is 0 Å². The number of halogens is 1. The van der Waals surface area contributed by atoms with Gasteiger partial charge >= 0.3 is 0 Å². The molecule has 0 spiro atoms. The van der Waals surface area contributed by atoms with Gasteiger partial charge < -0.3 is 20.1 Å². The minimum absolute atomic E-state index is 0.230. The largest absolute Gasteiger partial charge is 0.496 e. The number of methoxy groups -OCH3 is 1. The maximum atomic E-state index is 13.1. The smallest absolute Gasteiger partial charge is 0.265 e. The van der Waals surface area contributed by atoms with E-state index in [1.54, 1.807) is 37.4 Å². The summed E-state index contributed by atoms with van der Waals surface area (Å²) in [4.78, 5) is 27.5. The van der Waals surface area contributed by atoms with Gasteiger partial charge in [-0.1, -0.05) is 35.9 Å². The second-order valence-corrected chi connectivity index (χ2v) is 8.65. The number of thiophene rings is 1. The number of carbonyl (C=O) groups excluding carboxylic acids is 2. The van der Waals surface area contributed by atoms with Crippen molar-refractivity contribution in [2.24, 2.45) is 0 Å². The molecule has 1 unspecified atom stereocenters. The van der Waals surface area contributed by atoms with E-state index < -0.39 is 6.23 Å². The van der Waals surface area contributed by atoms with Gasteiger partial charge in [0.2, 0.25) is 0 Å². The van der Waals surface area contributed by atoms with Gasteiger partial charge in [-0.3, -0.25) is 9.59 Å². The Morgan fingerprint density at radius 1 is 1.27 bits per heavy atom. The fraction of sp³-hybridized carbons (Fsp3) is 0.182. The van der Waals surface area contributed by atoms with Crippen LogP contribution in [0, 0.1) is 6.92 Å². The minimum atomic E-state index is -1.09. The molecule has 2 aromatic carbocycles. The van der Waals surface area contributed by atoms with E-state index in [4.69, 9.17) is 16.3 Å². The van der Waals surface area contributed by atoms with Gasteiger partial charge in [0, 0.05) is 12.1 Å². The van der Waals surface area contributed by atoms with Crippen molar-refractivity contribution in [1.29, 1.82) is 0 Å². The normalized spacial score (nSPS) is 15.3. The second-order valence-electron chi connectivity index (χ2n) is 6.94. The van der Waals surface area contributed by atoms with Crippen molar-refractivity contribution < 1.29 is 19.4 Å². The first-order valence-electron chi connectivity index (χ1n) is 9.21. The Labute approximate surface area is 182 Å². The van der Waals surface area contributed by atoms with Crippen LogP contribution in [0.25, 0.3) is 0 Å². The summed E-state index contributed by atoms with van der Waals surface area (Å²) in [6.07, 6.45) is -1.09. The molecule has 0 bridgehead atoms. The third-order valence-corrected chi connectivity index (χ3v) is 6.23. The van der Waals surface area contributed by atoms with Crippen LogP contribution in [0.4, 0.5) is 5.69 Å². The van der Waals surface area contributed by atoms with Crippen LogP contribution in [0.1, 0.15) is 42.9 Å². The molecule has 6 nitrogen and oxygen atoms in total. The Balaban J connectivity index is 1.60. The van der Waals surface area contributed by atoms with Crippen LogP contribution in [0.2, 0.25) is 4.34 Å². The molecule has 0 saturated heterocycles. The molecular formula is C22H19ClN2O4S. The van der Waals surface area contributed by atoms with Gasteiger partial charge in [0.15, 0.2) is 6.23 Å². The predicted molar refractivity (Wildman–Crippen MR) is 116 cm³/mol. The average Bonchev–Trinajstić information content (AvgIpc) is 3.26. The summed E-state index contributed by atoms with van der Waals surface area (Å²) in [7, 11) is 1.60. The van der Waals surface area contributed by atoms with E-state index in [-0.39, 0.29) is 18.4 Å². The summed E-state index contributed by atoms with van der Waals surface area (Å²) in [6, 6.07) is 13.9. The van der Waals surface area contributed by atoms with Gasteiger partial charge in [-0.05, 0) is 42.3 Å². The van der Waals surface area contributed by atoms with Crippen LogP contribution in [-0.2, 0) is 6.54 Å². The van der Waals surface area contributed by atoms with Crippen LogP contribution in [0.15, 0.2) is 48.5 Å². The summed E-state index contributed by atoms with van der Waals surface area (Å²) >= 11 is 7.06. The highest BCUT2D eigenvalue weighted by Crippen LogP contribution is 2.37. The standard InChI is InChI=1S/C22H19ClN2O4S/c1-12-10-13(6-7-16(12)29-2)11-25-21(27)14-4-3-5-15(19(14)22(25)28)24-20(26)17-8-9-18(23)30-17/h3-10,21,27H,11H2,1-2H3,(H,24,26). The van der Waals surface area contributed by atoms with Gasteiger partial charge in [0.05, 0.1) is 27.6 Å². The first-order chi connectivity index (χ1) is 14.4. The van der Waals surface area contributed by atoms with Crippen molar-refractivity contribution in [2.75, 3.05) is 12.4 Å². The molecule has 0 radical (unpaired) electrons. The second kappa shape index (κ2) is 8.10. The lowest BCUT2D eigenvalue weighted by molar-refractivity contribution is 0.0137.